The number of anilines is 2. The summed E-state index contributed by atoms with van der Waals surface area (Å²) >= 11 is 3.44. The summed E-state index contributed by atoms with van der Waals surface area (Å²) in [5.74, 6) is -0.332. The van der Waals surface area contributed by atoms with Crippen molar-refractivity contribution in [1.82, 2.24) is 4.98 Å². The Morgan fingerprint density at radius 1 is 1.53 bits per heavy atom. The number of hydrogen-bond acceptors (Lipinski definition) is 4. The summed E-state index contributed by atoms with van der Waals surface area (Å²) < 4.78 is 0.850. The Kier molecular flexibility index (Phi) is 3.51. The molecule has 17 heavy (non-hydrogen) atoms. The van der Waals surface area contributed by atoms with Gasteiger partial charge in [-0.15, -0.1) is 0 Å². The third kappa shape index (κ3) is 2.52. The summed E-state index contributed by atoms with van der Waals surface area (Å²) in [6.45, 7) is 1.51. The average molecular weight is 299 g/mol. The molecule has 4 N–H and O–H groups in total. The fraction of sp³-hybridized carbons (Fsp3) is 0.455. The van der Waals surface area contributed by atoms with Crippen LogP contribution in [-0.4, -0.2) is 24.0 Å². The van der Waals surface area contributed by atoms with Crippen LogP contribution in [0.5, 0.6) is 0 Å². The summed E-state index contributed by atoms with van der Waals surface area (Å²) in [5, 5.41) is 0. The number of piperidine rings is 1. The van der Waals surface area contributed by atoms with Crippen LogP contribution >= 0.6 is 15.9 Å². The highest BCUT2D eigenvalue weighted by atomic mass is 79.9. The van der Waals surface area contributed by atoms with Crippen LogP contribution < -0.4 is 16.4 Å². The lowest BCUT2D eigenvalue weighted by atomic mass is 9.97. The van der Waals surface area contributed by atoms with Gasteiger partial charge in [0.25, 0.3) is 0 Å². The molecule has 2 heterocycles. The summed E-state index contributed by atoms with van der Waals surface area (Å²) in [6, 6.07) is 0. The van der Waals surface area contributed by atoms with Crippen molar-refractivity contribution in [2.45, 2.75) is 12.8 Å². The first-order chi connectivity index (χ1) is 8.09. The average Bonchev–Trinajstić information content (AvgIpc) is 2.29. The first kappa shape index (κ1) is 12.2. The minimum absolute atomic E-state index is 0.0942. The summed E-state index contributed by atoms with van der Waals surface area (Å²) in [7, 11) is 0. The van der Waals surface area contributed by atoms with Gasteiger partial charge in [-0.25, -0.2) is 0 Å². The first-order valence-electron chi connectivity index (χ1n) is 5.53. The van der Waals surface area contributed by atoms with Crippen molar-refractivity contribution in [2.75, 3.05) is 23.7 Å². The van der Waals surface area contributed by atoms with Crippen molar-refractivity contribution in [2.24, 2.45) is 11.7 Å². The molecule has 92 valence electrons. The second-order valence-electron chi connectivity index (χ2n) is 4.25. The quantitative estimate of drug-likeness (QED) is 0.857. The van der Waals surface area contributed by atoms with Gasteiger partial charge < -0.3 is 16.4 Å². The Balaban J connectivity index is 2.25. The van der Waals surface area contributed by atoms with Gasteiger partial charge in [-0.1, -0.05) is 0 Å². The van der Waals surface area contributed by atoms with E-state index in [-0.39, 0.29) is 11.8 Å². The lowest BCUT2D eigenvalue weighted by Crippen LogP contribution is -2.41. The number of halogens is 1. The third-order valence-corrected chi connectivity index (χ3v) is 3.62. The number of pyridine rings is 1. The molecule has 1 aliphatic heterocycles. The number of nitrogens with two attached hydrogens (primary N) is 2. The van der Waals surface area contributed by atoms with Crippen molar-refractivity contribution >= 4 is 33.2 Å². The molecule has 1 aromatic rings. The van der Waals surface area contributed by atoms with E-state index >= 15 is 0 Å². The molecule has 1 saturated heterocycles. The fourth-order valence-electron chi connectivity index (χ4n) is 2.19. The topological polar surface area (TPSA) is 85.2 Å². The number of amides is 1. The highest BCUT2D eigenvalue weighted by Crippen LogP contribution is 2.33. The number of hydrogen-bond donors (Lipinski definition) is 2. The molecule has 0 aromatic carbocycles. The molecule has 0 aliphatic carbocycles. The maximum Gasteiger partial charge on any atom is 0.222 e. The largest absolute Gasteiger partial charge is 0.396 e. The van der Waals surface area contributed by atoms with E-state index in [2.05, 4.69) is 25.8 Å². The van der Waals surface area contributed by atoms with E-state index in [1.165, 1.54) is 0 Å². The second-order valence-corrected chi connectivity index (χ2v) is 5.10. The van der Waals surface area contributed by atoms with E-state index in [9.17, 15) is 4.79 Å². The first-order valence-corrected chi connectivity index (χ1v) is 6.32. The van der Waals surface area contributed by atoms with E-state index in [0.717, 1.165) is 29.5 Å². The van der Waals surface area contributed by atoms with Crippen molar-refractivity contribution in [3.05, 3.63) is 16.9 Å². The van der Waals surface area contributed by atoms with Crippen LogP contribution in [0.2, 0.25) is 0 Å². The minimum Gasteiger partial charge on any atom is -0.396 e. The Morgan fingerprint density at radius 2 is 2.29 bits per heavy atom. The molecule has 2 rings (SSSR count). The van der Waals surface area contributed by atoms with Crippen LogP contribution in [0.1, 0.15) is 12.8 Å². The smallest absolute Gasteiger partial charge is 0.222 e. The van der Waals surface area contributed by atoms with Crippen molar-refractivity contribution < 1.29 is 4.79 Å². The number of nitrogen functional groups attached to an aromatic ring is 1. The summed E-state index contributed by atoms with van der Waals surface area (Å²) in [6.07, 6.45) is 5.13. The van der Waals surface area contributed by atoms with Crippen molar-refractivity contribution in [1.29, 1.82) is 0 Å². The zero-order valence-corrected chi connectivity index (χ0v) is 11.0. The van der Waals surface area contributed by atoms with Gasteiger partial charge in [-0.2, -0.15) is 0 Å². The molecule has 0 radical (unpaired) electrons. The van der Waals surface area contributed by atoms with E-state index < -0.39 is 0 Å². The molecule has 1 aromatic heterocycles. The Labute approximate surface area is 108 Å². The molecular weight excluding hydrogens is 284 g/mol. The Morgan fingerprint density at radius 3 is 2.94 bits per heavy atom. The predicted octanol–water partition coefficient (Wildman–Crippen LogP) is 1.13. The highest BCUT2D eigenvalue weighted by Gasteiger charge is 2.26. The maximum absolute atomic E-state index is 11.2. The number of carbonyl (C=O) groups excluding carboxylic acids is 1. The Hall–Kier alpha value is -1.30. The second kappa shape index (κ2) is 4.91. The molecule has 1 amide bonds. The molecule has 5 nitrogen and oxygen atoms in total. The van der Waals surface area contributed by atoms with Crippen LogP contribution in [0.3, 0.4) is 0 Å². The van der Waals surface area contributed by atoms with Crippen molar-refractivity contribution in [3.63, 3.8) is 0 Å². The fourth-order valence-corrected chi connectivity index (χ4v) is 2.79. The van der Waals surface area contributed by atoms with Gasteiger partial charge in [0.05, 0.1) is 28.0 Å². The van der Waals surface area contributed by atoms with Gasteiger partial charge in [-0.3, -0.25) is 9.78 Å². The van der Waals surface area contributed by atoms with Gasteiger partial charge in [0, 0.05) is 19.3 Å². The normalized spacial score (nSPS) is 20.3. The zero-order valence-electron chi connectivity index (χ0n) is 9.40. The number of rotatable bonds is 2. The number of nitrogens with zero attached hydrogens (tertiary/aromatic N) is 2. The van der Waals surface area contributed by atoms with Crippen LogP contribution in [-0.2, 0) is 4.79 Å². The Bertz CT molecular complexity index is 417. The van der Waals surface area contributed by atoms with Gasteiger partial charge >= 0.3 is 0 Å². The molecule has 0 saturated carbocycles. The summed E-state index contributed by atoms with van der Waals surface area (Å²) in [4.78, 5) is 17.3. The van der Waals surface area contributed by atoms with E-state index in [0.29, 0.717) is 12.2 Å². The molecule has 1 aliphatic rings. The molecule has 0 spiro atoms. The van der Waals surface area contributed by atoms with Crippen molar-refractivity contribution in [3.8, 4) is 0 Å². The predicted molar refractivity (Wildman–Crippen MR) is 70.5 cm³/mol. The number of aromatic nitrogens is 1. The zero-order chi connectivity index (χ0) is 12.4. The summed E-state index contributed by atoms with van der Waals surface area (Å²) in [5.41, 5.74) is 12.8. The van der Waals surface area contributed by atoms with Gasteiger partial charge in [0.1, 0.15) is 0 Å². The maximum atomic E-state index is 11.2. The number of primary amides is 1. The third-order valence-electron chi connectivity index (χ3n) is 3.04. The number of carbonyl (C=O) groups is 1. The van der Waals surface area contributed by atoms with E-state index in [1.54, 1.807) is 12.4 Å². The van der Waals surface area contributed by atoms with E-state index in [1.807, 2.05) is 0 Å². The SMILES string of the molecule is NC(=O)C1CCCN(c2c(N)cncc2Br)C1. The lowest BCUT2D eigenvalue weighted by molar-refractivity contribution is -0.122. The molecule has 1 fully saturated rings. The monoisotopic (exact) mass is 298 g/mol. The van der Waals surface area contributed by atoms with Crippen LogP contribution in [0.4, 0.5) is 11.4 Å². The standard InChI is InChI=1S/C11H15BrN4O/c12-8-4-15-5-9(13)10(8)16-3-1-2-7(6-16)11(14)17/h4-5,7H,1-3,6,13H2,(H2,14,17). The van der Waals surface area contributed by atoms with Crippen LogP contribution in [0, 0.1) is 5.92 Å². The molecule has 0 bridgehead atoms. The van der Waals surface area contributed by atoms with Gasteiger partial charge in [-0.05, 0) is 28.8 Å². The molecular formula is C11H15BrN4O. The van der Waals surface area contributed by atoms with Crippen LogP contribution in [0.15, 0.2) is 16.9 Å². The minimum atomic E-state index is -0.238. The van der Waals surface area contributed by atoms with Crippen LogP contribution in [0.25, 0.3) is 0 Å². The van der Waals surface area contributed by atoms with E-state index in [4.69, 9.17) is 11.5 Å². The highest BCUT2D eigenvalue weighted by molar-refractivity contribution is 9.10. The van der Waals surface area contributed by atoms with Gasteiger partial charge in [0.2, 0.25) is 5.91 Å². The lowest BCUT2D eigenvalue weighted by Gasteiger charge is -2.34. The molecule has 1 unspecified atom stereocenters. The van der Waals surface area contributed by atoms with Gasteiger partial charge in [0.15, 0.2) is 0 Å². The molecule has 1 atom stereocenters. The molecule has 6 heteroatoms.